The molecule has 0 aliphatic heterocycles. The Labute approximate surface area is 145 Å². The highest BCUT2D eigenvalue weighted by molar-refractivity contribution is 5.74. The van der Waals surface area contributed by atoms with Crippen molar-refractivity contribution in [3.05, 3.63) is 35.6 Å². The Hall–Kier alpha value is -1.62. The van der Waals surface area contributed by atoms with Crippen molar-refractivity contribution < 1.29 is 9.18 Å². The van der Waals surface area contributed by atoms with Crippen LogP contribution in [0, 0.1) is 11.7 Å². The van der Waals surface area contributed by atoms with Crippen LogP contribution in [0.2, 0.25) is 0 Å². The molecule has 1 fully saturated rings. The summed E-state index contributed by atoms with van der Waals surface area (Å²) in [4.78, 5) is 16.6. The summed E-state index contributed by atoms with van der Waals surface area (Å²) in [5.74, 6) is 0.368. The van der Waals surface area contributed by atoms with Crippen molar-refractivity contribution in [2.75, 3.05) is 33.7 Å². The summed E-state index contributed by atoms with van der Waals surface area (Å²) in [6.07, 6.45) is 6.34. The Kier molecular flexibility index (Phi) is 7.50. The fourth-order valence-electron chi connectivity index (χ4n) is 3.17. The van der Waals surface area contributed by atoms with E-state index in [-0.39, 0.29) is 11.8 Å². The molecule has 1 aliphatic carbocycles. The molecular formula is C19H30FN3O. The molecule has 1 aliphatic rings. The zero-order valence-corrected chi connectivity index (χ0v) is 14.9. The maximum Gasteiger partial charge on any atom is 0.317 e. The first kappa shape index (κ1) is 18.7. The predicted octanol–water partition coefficient (Wildman–Crippen LogP) is 3.48. The maximum absolute atomic E-state index is 13.0. The molecule has 1 saturated carbocycles. The summed E-state index contributed by atoms with van der Waals surface area (Å²) in [6, 6.07) is 6.24. The number of carbonyl (C=O) groups excluding carboxylic acids is 1. The molecule has 1 aromatic carbocycles. The lowest BCUT2D eigenvalue weighted by Crippen LogP contribution is -2.45. The van der Waals surface area contributed by atoms with Crippen molar-refractivity contribution in [3.63, 3.8) is 0 Å². The summed E-state index contributed by atoms with van der Waals surface area (Å²) in [5, 5.41) is 2.98. The third-order valence-electron chi connectivity index (χ3n) is 4.66. The second-order valence-corrected chi connectivity index (χ2v) is 7.04. The Balaban J connectivity index is 1.88. The molecule has 0 heterocycles. The second kappa shape index (κ2) is 9.62. The van der Waals surface area contributed by atoms with Gasteiger partial charge in [0.2, 0.25) is 0 Å². The van der Waals surface area contributed by atoms with Gasteiger partial charge >= 0.3 is 6.03 Å². The molecule has 24 heavy (non-hydrogen) atoms. The number of amides is 2. The van der Waals surface area contributed by atoms with Crippen LogP contribution in [0.15, 0.2) is 24.3 Å². The smallest absolute Gasteiger partial charge is 0.317 e. The average Bonchev–Trinajstić information content (AvgIpc) is 2.58. The van der Waals surface area contributed by atoms with Gasteiger partial charge in [-0.05, 0) is 50.6 Å². The van der Waals surface area contributed by atoms with E-state index in [0.29, 0.717) is 12.5 Å². The molecule has 0 unspecified atom stereocenters. The van der Waals surface area contributed by atoms with Crippen molar-refractivity contribution >= 4 is 6.03 Å². The van der Waals surface area contributed by atoms with Crippen LogP contribution in [0.5, 0.6) is 0 Å². The standard InChI is InChI=1S/C19H30FN3O/c1-22(2)12-13-23(15-17-6-4-3-5-7-17)19(24)21-14-16-8-10-18(20)11-9-16/h8-11,17H,3-7,12-15H2,1-2H3,(H,21,24). The van der Waals surface area contributed by atoms with E-state index in [9.17, 15) is 9.18 Å². The number of urea groups is 1. The number of halogens is 1. The van der Waals surface area contributed by atoms with E-state index < -0.39 is 0 Å². The molecular weight excluding hydrogens is 305 g/mol. The fourth-order valence-corrected chi connectivity index (χ4v) is 3.17. The van der Waals surface area contributed by atoms with E-state index >= 15 is 0 Å². The minimum Gasteiger partial charge on any atom is -0.334 e. The zero-order valence-electron chi connectivity index (χ0n) is 14.9. The van der Waals surface area contributed by atoms with Gasteiger partial charge in [-0.3, -0.25) is 0 Å². The minimum absolute atomic E-state index is 0.0215. The number of benzene rings is 1. The van der Waals surface area contributed by atoms with Gasteiger partial charge in [0.1, 0.15) is 5.82 Å². The van der Waals surface area contributed by atoms with Crippen LogP contribution >= 0.6 is 0 Å². The number of nitrogens with zero attached hydrogens (tertiary/aromatic N) is 2. The van der Waals surface area contributed by atoms with Crippen LogP contribution in [0.1, 0.15) is 37.7 Å². The van der Waals surface area contributed by atoms with Crippen molar-refractivity contribution in [2.45, 2.75) is 38.6 Å². The Bertz CT molecular complexity index is 498. The fraction of sp³-hybridized carbons (Fsp3) is 0.632. The number of carbonyl (C=O) groups is 1. The van der Waals surface area contributed by atoms with Crippen molar-refractivity contribution in [1.29, 1.82) is 0 Å². The third-order valence-corrected chi connectivity index (χ3v) is 4.66. The largest absolute Gasteiger partial charge is 0.334 e. The van der Waals surface area contributed by atoms with E-state index in [2.05, 4.69) is 10.2 Å². The molecule has 4 nitrogen and oxygen atoms in total. The highest BCUT2D eigenvalue weighted by atomic mass is 19.1. The summed E-state index contributed by atoms with van der Waals surface area (Å²) in [5.41, 5.74) is 0.912. The third kappa shape index (κ3) is 6.48. The molecule has 1 N–H and O–H groups in total. The number of likely N-dealkylation sites (N-methyl/N-ethyl adjacent to an activating group) is 1. The molecule has 0 aromatic heterocycles. The molecule has 0 spiro atoms. The van der Waals surface area contributed by atoms with E-state index in [1.165, 1.54) is 44.2 Å². The monoisotopic (exact) mass is 335 g/mol. The van der Waals surface area contributed by atoms with E-state index in [0.717, 1.165) is 25.2 Å². The van der Waals surface area contributed by atoms with E-state index in [4.69, 9.17) is 0 Å². The van der Waals surface area contributed by atoms with Gasteiger partial charge in [-0.25, -0.2) is 9.18 Å². The van der Waals surface area contributed by atoms with Crippen molar-refractivity contribution in [3.8, 4) is 0 Å². The van der Waals surface area contributed by atoms with Crippen LogP contribution in [0.25, 0.3) is 0 Å². The lowest BCUT2D eigenvalue weighted by molar-refractivity contribution is 0.171. The Morgan fingerprint density at radius 3 is 2.42 bits per heavy atom. The van der Waals surface area contributed by atoms with Gasteiger partial charge in [0, 0.05) is 26.2 Å². The van der Waals surface area contributed by atoms with E-state index in [1.807, 2.05) is 19.0 Å². The van der Waals surface area contributed by atoms with Gasteiger partial charge in [-0.1, -0.05) is 31.4 Å². The first-order chi connectivity index (χ1) is 11.5. The Morgan fingerprint density at radius 2 is 1.79 bits per heavy atom. The lowest BCUT2D eigenvalue weighted by Gasteiger charge is -2.30. The van der Waals surface area contributed by atoms with Crippen LogP contribution in [0.4, 0.5) is 9.18 Å². The SMILES string of the molecule is CN(C)CCN(CC1CCCCC1)C(=O)NCc1ccc(F)cc1. The maximum atomic E-state index is 13.0. The molecule has 0 radical (unpaired) electrons. The van der Waals surface area contributed by atoms with Crippen molar-refractivity contribution in [1.82, 2.24) is 15.1 Å². The summed E-state index contributed by atoms with van der Waals surface area (Å²) < 4.78 is 13.0. The molecule has 134 valence electrons. The van der Waals surface area contributed by atoms with Crippen LogP contribution in [-0.2, 0) is 6.54 Å². The van der Waals surface area contributed by atoms with Crippen LogP contribution in [-0.4, -0.2) is 49.6 Å². The zero-order chi connectivity index (χ0) is 17.4. The quantitative estimate of drug-likeness (QED) is 0.828. The van der Waals surface area contributed by atoms with Gasteiger partial charge in [0.15, 0.2) is 0 Å². The summed E-state index contributed by atoms with van der Waals surface area (Å²) in [7, 11) is 4.05. The lowest BCUT2D eigenvalue weighted by atomic mass is 9.89. The highest BCUT2D eigenvalue weighted by Gasteiger charge is 2.20. The molecule has 1 aromatic rings. The minimum atomic E-state index is -0.255. The molecule has 2 amide bonds. The normalized spacial score (nSPS) is 15.5. The number of nitrogens with one attached hydrogen (secondary N) is 1. The Morgan fingerprint density at radius 1 is 1.12 bits per heavy atom. The van der Waals surface area contributed by atoms with Gasteiger partial charge in [-0.15, -0.1) is 0 Å². The predicted molar refractivity (Wildman–Crippen MR) is 95.3 cm³/mol. The van der Waals surface area contributed by atoms with Crippen molar-refractivity contribution in [2.24, 2.45) is 5.92 Å². The van der Waals surface area contributed by atoms with Gasteiger partial charge in [-0.2, -0.15) is 0 Å². The number of hydrogen-bond donors (Lipinski definition) is 1. The number of rotatable bonds is 7. The summed E-state index contributed by atoms with van der Waals surface area (Å²) >= 11 is 0. The average molecular weight is 335 g/mol. The van der Waals surface area contributed by atoms with Gasteiger partial charge < -0.3 is 15.1 Å². The molecule has 0 atom stereocenters. The molecule has 5 heteroatoms. The van der Waals surface area contributed by atoms with Gasteiger partial charge in [0.25, 0.3) is 0 Å². The van der Waals surface area contributed by atoms with Gasteiger partial charge in [0.05, 0.1) is 0 Å². The molecule has 0 saturated heterocycles. The molecule has 0 bridgehead atoms. The van der Waals surface area contributed by atoms with E-state index in [1.54, 1.807) is 12.1 Å². The molecule has 2 rings (SSSR count). The van der Waals surface area contributed by atoms with Crippen LogP contribution in [0.3, 0.4) is 0 Å². The second-order valence-electron chi connectivity index (χ2n) is 7.04. The first-order valence-electron chi connectivity index (χ1n) is 8.96. The first-order valence-corrected chi connectivity index (χ1v) is 8.96. The summed E-state index contributed by atoms with van der Waals surface area (Å²) in [6.45, 7) is 2.86. The topological polar surface area (TPSA) is 35.6 Å². The number of hydrogen-bond acceptors (Lipinski definition) is 2. The van der Waals surface area contributed by atoms with Crippen LogP contribution < -0.4 is 5.32 Å². The highest BCUT2D eigenvalue weighted by Crippen LogP contribution is 2.24.